The van der Waals surface area contributed by atoms with Crippen molar-refractivity contribution < 1.29 is 19.4 Å². The minimum absolute atomic E-state index is 0.271. The second-order valence-electron chi connectivity index (χ2n) is 5.43. The first kappa shape index (κ1) is 17.3. The number of terminal acetylenes is 1. The van der Waals surface area contributed by atoms with Gasteiger partial charge in [0.05, 0.1) is 6.61 Å². The summed E-state index contributed by atoms with van der Waals surface area (Å²) in [5.41, 5.74) is -0.572. The Bertz CT molecular complexity index is 338. The van der Waals surface area contributed by atoms with E-state index in [1.807, 2.05) is 0 Å². The van der Waals surface area contributed by atoms with Crippen LogP contribution in [-0.2, 0) is 9.53 Å². The molecule has 0 unspecified atom stereocenters. The molecule has 1 atom stereocenters. The third kappa shape index (κ3) is 8.09. The first-order valence-electron chi connectivity index (χ1n) is 6.38. The van der Waals surface area contributed by atoms with Gasteiger partial charge in [-0.2, -0.15) is 0 Å². The fourth-order valence-corrected chi connectivity index (χ4v) is 1.48. The summed E-state index contributed by atoms with van der Waals surface area (Å²) in [6.07, 6.45) is 7.66. The van der Waals surface area contributed by atoms with Crippen LogP contribution >= 0.6 is 0 Å². The summed E-state index contributed by atoms with van der Waals surface area (Å²) in [6.45, 7) is 5.50. The fraction of sp³-hybridized carbons (Fsp3) is 0.714. The molecule has 0 heterocycles. The van der Waals surface area contributed by atoms with Gasteiger partial charge in [-0.25, -0.2) is 9.59 Å². The Morgan fingerprint density at radius 3 is 2.42 bits per heavy atom. The van der Waals surface area contributed by atoms with Gasteiger partial charge >= 0.3 is 12.1 Å². The molecule has 108 valence electrons. The van der Waals surface area contributed by atoms with E-state index in [9.17, 15) is 9.59 Å². The molecule has 0 bridgehead atoms. The van der Waals surface area contributed by atoms with Gasteiger partial charge in [0.25, 0.3) is 0 Å². The van der Waals surface area contributed by atoms with Crippen LogP contribution in [0.2, 0.25) is 0 Å². The Labute approximate surface area is 114 Å². The van der Waals surface area contributed by atoms with Crippen LogP contribution in [-0.4, -0.2) is 29.8 Å². The standard InChI is InChI=1S/C14H23NO4/c1-5-6-7-8-9-10-19-13(18)15-11(12(16)17)14(2,3)4/h1,11H,6-10H2,2-4H3,(H,15,18)(H,16,17)/t11-/m1/s1. The molecular weight excluding hydrogens is 246 g/mol. The molecule has 0 aromatic carbocycles. The summed E-state index contributed by atoms with van der Waals surface area (Å²) in [6, 6.07) is -0.971. The van der Waals surface area contributed by atoms with Gasteiger partial charge in [0.1, 0.15) is 6.04 Å². The summed E-state index contributed by atoms with van der Waals surface area (Å²) >= 11 is 0. The number of amides is 1. The third-order valence-corrected chi connectivity index (χ3v) is 2.57. The number of unbranched alkanes of at least 4 members (excludes halogenated alkanes) is 3. The smallest absolute Gasteiger partial charge is 0.407 e. The van der Waals surface area contributed by atoms with Crippen molar-refractivity contribution >= 4 is 12.1 Å². The summed E-state index contributed by atoms with van der Waals surface area (Å²) < 4.78 is 4.93. The van der Waals surface area contributed by atoms with Crippen LogP contribution in [0, 0.1) is 17.8 Å². The summed E-state index contributed by atoms with van der Waals surface area (Å²) in [4.78, 5) is 22.5. The topological polar surface area (TPSA) is 75.6 Å². The lowest BCUT2D eigenvalue weighted by molar-refractivity contribution is -0.142. The molecule has 1 amide bonds. The molecule has 0 spiro atoms. The number of aliphatic carboxylic acids is 1. The van der Waals surface area contributed by atoms with Crippen LogP contribution < -0.4 is 5.32 Å². The Kier molecular flexibility index (Phi) is 7.66. The van der Waals surface area contributed by atoms with Crippen LogP contribution in [0.1, 0.15) is 46.5 Å². The fourth-order valence-electron chi connectivity index (χ4n) is 1.48. The average Bonchev–Trinajstić information content (AvgIpc) is 2.28. The van der Waals surface area contributed by atoms with Crippen LogP contribution in [0.3, 0.4) is 0 Å². The first-order valence-corrected chi connectivity index (χ1v) is 6.38. The lowest BCUT2D eigenvalue weighted by Gasteiger charge is -2.27. The summed E-state index contributed by atoms with van der Waals surface area (Å²) in [7, 11) is 0. The predicted octanol–water partition coefficient (Wildman–Crippen LogP) is 2.41. The lowest BCUT2D eigenvalue weighted by Crippen LogP contribution is -2.49. The normalized spacial score (nSPS) is 12.3. The van der Waals surface area contributed by atoms with Crippen LogP contribution in [0.5, 0.6) is 0 Å². The molecule has 5 heteroatoms. The van der Waals surface area contributed by atoms with E-state index < -0.39 is 23.5 Å². The second-order valence-corrected chi connectivity index (χ2v) is 5.43. The van der Waals surface area contributed by atoms with E-state index in [0.717, 1.165) is 25.7 Å². The van der Waals surface area contributed by atoms with E-state index in [0.29, 0.717) is 0 Å². The number of alkyl carbamates (subject to hydrolysis) is 1. The number of hydrogen-bond acceptors (Lipinski definition) is 3. The zero-order valence-electron chi connectivity index (χ0n) is 11.9. The molecule has 0 saturated carbocycles. The number of ether oxygens (including phenoxy) is 1. The van der Waals surface area contributed by atoms with E-state index >= 15 is 0 Å². The Morgan fingerprint density at radius 1 is 1.32 bits per heavy atom. The van der Waals surface area contributed by atoms with Gasteiger partial charge in [0.15, 0.2) is 0 Å². The molecule has 0 rings (SSSR count). The molecular formula is C14H23NO4. The van der Waals surface area contributed by atoms with Crippen molar-refractivity contribution in [3.05, 3.63) is 0 Å². The molecule has 5 nitrogen and oxygen atoms in total. The molecule has 2 N–H and O–H groups in total. The van der Waals surface area contributed by atoms with Crippen molar-refractivity contribution in [2.24, 2.45) is 5.41 Å². The molecule has 0 aromatic heterocycles. The SMILES string of the molecule is C#CCCCCCOC(=O)N[C@H](C(=O)O)C(C)(C)C. The minimum Gasteiger partial charge on any atom is -0.480 e. The van der Waals surface area contributed by atoms with Crippen molar-refractivity contribution in [2.75, 3.05) is 6.61 Å². The summed E-state index contributed by atoms with van der Waals surface area (Å²) in [5, 5.41) is 11.4. The second kappa shape index (κ2) is 8.41. The number of carboxylic acid groups (broad SMARTS) is 1. The van der Waals surface area contributed by atoms with Gasteiger partial charge < -0.3 is 15.2 Å². The number of carboxylic acids is 1. The van der Waals surface area contributed by atoms with Gasteiger partial charge in [-0.15, -0.1) is 12.3 Å². The largest absolute Gasteiger partial charge is 0.480 e. The quantitative estimate of drug-likeness (QED) is 0.549. The highest BCUT2D eigenvalue weighted by Gasteiger charge is 2.32. The number of carbonyl (C=O) groups is 2. The third-order valence-electron chi connectivity index (χ3n) is 2.57. The van der Waals surface area contributed by atoms with Gasteiger partial charge in [-0.05, 0) is 24.7 Å². The minimum atomic E-state index is -1.07. The Balaban J connectivity index is 3.96. The number of nitrogens with one attached hydrogen (secondary N) is 1. The van der Waals surface area contributed by atoms with E-state index in [4.69, 9.17) is 16.3 Å². The predicted molar refractivity (Wildman–Crippen MR) is 72.7 cm³/mol. The van der Waals surface area contributed by atoms with E-state index in [-0.39, 0.29) is 6.61 Å². The van der Waals surface area contributed by atoms with Crippen molar-refractivity contribution in [1.82, 2.24) is 5.32 Å². The van der Waals surface area contributed by atoms with Gasteiger partial charge in [0, 0.05) is 6.42 Å². The highest BCUT2D eigenvalue weighted by atomic mass is 16.5. The maximum atomic E-state index is 11.5. The van der Waals surface area contributed by atoms with Crippen molar-refractivity contribution in [1.29, 1.82) is 0 Å². The van der Waals surface area contributed by atoms with Gasteiger partial charge in [-0.1, -0.05) is 20.8 Å². The average molecular weight is 269 g/mol. The molecule has 0 fully saturated rings. The number of hydrogen-bond donors (Lipinski definition) is 2. The van der Waals surface area contributed by atoms with Crippen molar-refractivity contribution in [3.63, 3.8) is 0 Å². The molecule has 0 aliphatic heterocycles. The van der Waals surface area contributed by atoms with E-state index in [2.05, 4.69) is 11.2 Å². The highest BCUT2D eigenvalue weighted by molar-refractivity contribution is 5.80. The van der Waals surface area contributed by atoms with Crippen molar-refractivity contribution in [2.45, 2.75) is 52.5 Å². The number of carbonyl (C=O) groups excluding carboxylic acids is 1. The maximum absolute atomic E-state index is 11.5. The van der Waals surface area contributed by atoms with E-state index in [1.165, 1.54) is 0 Å². The van der Waals surface area contributed by atoms with Crippen LogP contribution in [0.25, 0.3) is 0 Å². The molecule has 0 radical (unpaired) electrons. The molecule has 0 aliphatic rings. The molecule has 0 saturated heterocycles. The molecule has 0 aliphatic carbocycles. The highest BCUT2D eigenvalue weighted by Crippen LogP contribution is 2.19. The molecule has 0 aromatic rings. The molecule has 19 heavy (non-hydrogen) atoms. The van der Waals surface area contributed by atoms with Crippen LogP contribution in [0.15, 0.2) is 0 Å². The zero-order chi connectivity index (χ0) is 14.9. The first-order chi connectivity index (χ1) is 8.79. The van der Waals surface area contributed by atoms with Crippen molar-refractivity contribution in [3.8, 4) is 12.3 Å². The maximum Gasteiger partial charge on any atom is 0.407 e. The monoisotopic (exact) mass is 269 g/mol. The Hall–Kier alpha value is -1.70. The van der Waals surface area contributed by atoms with Crippen LogP contribution in [0.4, 0.5) is 4.79 Å². The zero-order valence-corrected chi connectivity index (χ0v) is 11.9. The Morgan fingerprint density at radius 2 is 1.95 bits per heavy atom. The lowest BCUT2D eigenvalue weighted by atomic mass is 9.87. The number of rotatable bonds is 7. The van der Waals surface area contributed by atoms with Gasteiger partial charge in [-0.3, -0.25) is 0 Å². The van der Waals surface area contributed by atoms with Gasteiger partial charge in [0.2, 0.25) is 0 Å². The van der Waals surface area contributed by atoms with E-state index in [1.54, 1.807) is 20.8 Å². The summed E-state index contributed by atoms with van der Waals surface area (Å²) in [5.74, 6) is 1.47.